The first-order chi connectivity index (χ1) is 6.93. The third kappa shape index (κ3) is 6.87. The summed E-state index contributed by atoms with van der Waals surface area (Å²) in [6.45, 7) is 15.3. The zero-order valence-corrected chi connectivity index (χ0v) is 11.9. The molecule has 0 aliphatic heterocycles. The maximum atomic E-state index is 6.00. The normalized spacial score (nSPS) is 17.5. The molecule has 90 valence electrons. The maximum Gasteiger partial charge on any atom is 0.361 e. The zero-order valence-electron chi connectivity index (χ0n) is 10.9. The first-order valence-corrected chi connectivity index (χ1v) is 8.28. The molecule has 0 saturated heterocycles. The van der Waals surface area contributed by atoms with E-state index >= 15 is 0 Å². The van der Waals surface area contributed by atoms with Gasteiger partial charge >= 0.3 is 8.56 Å². The quantitative estimate of drug-likeness (QED) is 0.592. The van der Waals surface area contributed by atoms with E-state index < -0.39 is 8.56 Å². The molecule has 2 atom stereocenters. The van der Waals surface area contributed by atoms with Gasteiger partial charge in [0.15, 0.2) is 0 Å². The van der Waals surface area contributed by atoms with Crippen LogP contribution in [0.1, 0.15) is 40.5 Å². The molecule has 0 aliphatic carbocycles. The van der Waals surface area contributed by atoms with Gasteiger partial charge in [-0.3, -0.25) is 0 Å². The van der Waals surface area contributed by atoms with Gasteiger partial charge in [0.2, 0.25) is 0 Å². The minimum atomic E-state index is -2.11. The summed E-state index contributed by atoms with van der Waals surface area (Å²) in [5, 5.41) is 0. The standard InChI is InChI=1S/C12H26O2Si/c1-7-9-13-15(6,8-2)14-12(5)10-11(3)4/h8,11-12H,2,7,9-10H2,1,3-6H3. The maximum absolute atomic E-state index is 6.00. The number of rotatable bonds is 8. The first kappa shape index (κ1) is 14.9. The molecule has 3 heteroatoms. The molecule has 0 rings (SSSR count). The van der Waals surface area contributed by atoms with Crippen molar-refractivity contribution in [3.63, 3.8) is 0 Å². The average molecular weight is 230 g/mol. The Labute approximate surface area is 95.9 Å². The molecule has 0 bridgehead atoms. The van der Waals surface area contributed by atoms with Gasteiger partial charge < -0.3 is 8.85 Å². The molecule has 0 spiro atoms. The summed E-state index contributed by atoms with van der Waals surface area (Å²) in [7, 11) is -2.11. The summed E-state index contributed by atoms with van der Waals surface area (Å²) in [6, 6.07) is 0. The van der Waals surface area contributed by atoms with Crippen LogP contribution in [0.3, 0.4) is 0 Å². The molecule has 0 radical (unpaired) electrons. The molecule has 2 nitrogen and oxygen atoms in total. The third-order valence-corrected chi connectivity index (χ3v) is 4.59. The summed E-state index contributed by atoms with van der Waals surface area (Å²) in [6.07, 6.45) is 2.36. The fourth-order valence-corrected chi connectivity index (χ4v) is 3.34. The van der Waals surface area contributed by atoms with Gasteiger partial charge in [0.05, 0.1) is 0 Å². The molecule has 0 amide bonds. The fourth-order valence-electron chi connectivity index (χ4n) is 1.56. The van der Waals surface area contributed by atoms with Crippen molar-refractivity contribution in [1.29, 1.82) is 0 Å². The van der Waals surface area contributed by atoms with E-state index in [9.17, 15) is 0 Å². The van der Waals surface area contributed by atoms with Crippen LogP contribution in [0.2, 0.25) is 6.55 Å². The van der Waals surface area contributed by atoms with Crippen molar-refractivity contribution in [3.05, 3.63) is 12.3 Å². The van der Waals surface area contributed by atoms with E-state index in [1.807, 2.05) is 5.70 Å². The lowest BCUT2D eigenvalue weighted by Crippen LogP contribution is -2.40. The Balaban J connectivity index is 4.10. The SMILES string of the molecule is C=C[Si](C)(OCCC)OC(C)CC(C)C. The van der Waals surface area contributed by atoms with Crippen LogP contribution in [0.4, 0.5) is 0 Å². The Bertz CT molecular complexity index is 182. The lowest BCUT2D eigenvalue weighted by Gasteiger charge is -2.28. The van der Waals surface area contributed by atoms with Crippen LogP contribution in [-0.4, -0.2) is 21.3 Å². The van der Waals surface area contributed by atoms with E-state index in [-0.39, 0.29) is 6.10 Å². The Morgan fingerprint density at radius 3 is 2.33 bits per heavy atom. The molecule has 0 aliphatic rings. The van der Waals surface area contributed by atoms with Crippen molar-refractivity contribution in [2.45, 2.75) is 53.2 Å². The molecular weight excluding hydrogens is 204 g/mol. The van der Waals surface area contributed by atoms with Gasteiger partial charge in [-0.25, -0.2) is 0 Å². The van der Waals surface area contributed by atoms with Crippen molar-refractivity contribution < 1.29 is 8.85 Å². The second-order valence-corrected chi connectivity index (χ2v) is 7.59. The van der Waals surface area contributed by atoms with Crippen molar-refractivity contribution in [1.82, 2.24) is 0 Å². The Morgan fingerprint density at radius 2 is 1.93 bits per heavy atom. The van der Waals surface area contributed by atoms with Crippen LogP contribution in [0, 0.1) is 5.92 Å². The summed E-state index contributed by atoms with van der Waals surface area (Å²) >= 11 is 0. The van der Waals surface area contributed by atoms with Crippen LogP contribution in [0.25, 0.3) is 0 Å². The highest BCUT2D eigenvalue weighted by Gasteiger charge is 2.29. The molecule has 0 saturated carbocycles. The predicted octanol–water partition coefficient (Wildman–Crippen LogP) is 3.66. The second-order valence-electron chi connectivity index (χ2n) is 4.63. The Hall–Kier alpha value is -0.123. The number of hydrogen-bond donors (Lipinski definition) is 0. The highest BCUT2D eigenvalue weighted by Crippen LogP contribution is 2.16. The predicted molar refractivity (Wildman–Crippen MR) is 68.1 cm³/mol. The van der Waals surface area contributed by atoms with Gasteiger partial charge in [-0.1, -0.05) is 20.8 Å². The molecular formula is C12H26O2Si. The van der Waals surface area contributed by atoms with Crippen LogP contribution in [0.5, 0.6) is 0 Å². The van der Waals surface area contributed by atoms with Gasteiger partial charge in [0, 0.05) is 12.7 Å². The van der Waals surface area contributed by atoms with Crippen molar-refractivity contribution in [3.8, 4) is 0 Å². The van der Waals surface area contributed by atoms with E-state index in [1.54, 1.807) is 0 Å². The number of hydrogen-bond acceptors (Lipinski definition) is 2. The first-order valence-electron chi connectivity index (χ1n) is 5.89. The minimum Gasteiger partial charge on any atom is -0.391 e. The largest absolute Gasteiger partial charge is 0.391 e. The minimum absolute atomic E-state index is 0.261. The fraction of sp³-hybridized carbons (Fsp3) is 0.833. The monoisotopic (exact) mass is 230 g/mol. The molecule has 0 N–H and O–H groups in total. The van der Waals surface area contributed by atoms with Crippen molar-refractivity contribution in [2.75, 3.05) is 6.61 Å². The molecule has 0 aromatic heterocycles. The highest BCUT2D eigenvalue weighted by atomic mass is 28.4. The van der Waals surface area contributed by atoms with Crippen LogP contribution in [-0.2, 0) is 8.85 Å². The second kappa shape index (κ2) is 7.20. The van der Waals surface area contributed by atoms with Crippen LogP contribution in [0.15, 0.2) is 12.3 Å². The Morgan fingerprint density at radius 1 is 1.33 bits per heavy atom. The van der Waals surface area contributed by atoms with Gasteiger partial charge in [-0.05, 0) is 37.9 Å². The van der Waals surface area contributed by atoms with Crippen LogP contribution >= 0.6 is 0 Å². The molecule has 0 fully saturated rings. The highest BCUT2D eigenvalue weighted by molar-refractivity contribution is 6.71. The van der Waals surface area contributed by atoms with E-state index in [0.717, 1.165) is 19.4 Å². The smallest absolute Gasteiger partial charge is 0.361 e. The lowest BCUT2D eigenvalue weighted by atomic mass is 10.1. The van der Waals surface area contributed by atoms with Gasteiger partial charge in [-0.2, -0.15) is 0 Å². The summed E-state index contributed by atoms with van der Waals surface area (Å²) < 4.78 is 11.8. The van der Waals surface area contributed by atoms with E-state index in [1.165, 1.54) is 0 Å². The molecule has 15 heavy (non-hydrogen) atoms. The topological polar surface area (TPSA) is 18.5 Å². The summed E-state index contributed by atoms with van der Waals surface area (Å²) in [4.78, 5) is 0. The molecule has 0 heterocycles. The van der Waals surface area contributed by atoms with E-state index in [4.69, 9.17) is 8.85 Å². The van der Waals surface area contributed by atoms with E-state index in [0.29, 0.717) is 5.92 Å². The molecule has 2 unspecified atom stereocenters. The lowest BCUT2D eigenvalue weighted by molar-refractivity contribution is 0.121. The molecule has 0 aromatic rings. The van der Waals surface area contributed by atoms with Crippen LogP contribution < -0.4 is 0 Å². The van der Waals surface area contributed by atoms with Gasteiger partial charge in [-0.15, -0.1) is 6.58 Å². The van der Waals surface area contributed by atoms with Crippen molar-refractivity contribution in [2.24, 2.45) is 5.92 Å². The summed E-state index contributed by atoms with van der Waals surface area (Å²) in [5.41, 5.74) is 1.87. The molecule has 0 aromatic carbocycles. The Kier molecular flexibility index (Phi) is 7.14. The zero-order chi connectivity index (χ0) is 11.9. The van der Waals surface area contributed by atoms with E-state index in [2.05, 4.69) is 40.8 Å². The summed E-state index contributed by atoms with van der Waals surface area (Å²) in [5.74, 6) is 0.661. The van der Waals surface area contributed by atoms with Gasteiger partial charge in [0.25, 0.3) is 0 Å². The average Bonchev–Trinajstić information content (AvgIpc) is 2.13. The van der Waals surface area contributed by atoms with Gasteiger partial charge in [0.1, 0.15) is 0 Å². The van der Waals surface area contributed by atoms with Crippen molar-refractivity contribution >= 4 is 8.56 Å². The third-order valence-electron chi connectivity index (χ3n) is 2.20.